The molecule has 1 aromatic carbocycles. The fourth-order valence-electron chi connectivity index (χ4n) is 1.94. The molecule has 1 N–H and O–H groups in total. The van der Waals surface area contributed by atoms with E-state index in [2.05, 4.69) is 16.4 Å². The first-order valence-electron chi connectivity index (χ1n) is 5.92. The molecule has 0 atom stereocenters. The Morgan fingerprint density at radius 3 is 2.72 bits per heavy atom. The van der Waals surface area contributed by atoms with Gasteiger partial charge in [0.05, 0.1) is 5.02 Å². The molecule has 0 radical (unpaired) electrons. The molecule has 0 spiro atoms. The lowest BCUT2D eigenvalue weighted by Crippen LogP contribution is -2.40. The Morgan fingerprint density at radius 1 is 1.17 bits per heavy atom. The van der Waals surface area contributed by atoms with Crippen molar-refractivity contribution in [3.8, 4) is 11.6 Å². The number of hydrogen-bond donors (Lipinski definition) is 1. The van der Waals surface area contributed by atoms with Crippen LogP contribution in [0.15, 0.2) is 42.6 Å². The molecular weight excluding hydrogens is 248 g/mol. The maximum atomic E-state index is 6.09. The molecule has 92 valence electrons. The van der Waals surface area contributed by atoms with Gasteiger partial charge in [0, 0.05) is 30.8 Å². The number of aromatic nitrogens is 1. The van der Waals surface area contributed by atoms with E-state index >= 15 is 0 Å². The average molecular weight is 261 g/mol. The van der Waals surface area contributed by atoms with Gasteiger partial charge in [-0.2, -0.15) is 0 Å². The lowest BCUT2D eigenvalue weighted by molar-refractivity contribution is 0.408. The Labute approximate surface area is 111 Å². The Hall–Kier alpha value is -1.58. The zero-order valence-corrected chi connectivity index (χ0v) is 10.5. The lowest BCUT2D eigenvalue weighted by atomic mass is 9.95. The summed E-state index contributed by atoms with van der Waals surface area (Å²) in [5.74, 6) is 1.78. The van der Waals surface area contributed by atoms with Gasteiger partial charge in [-0.15, -0.1) is 0 Å². The van der Waals surface area contributed by atoms with Gasteiger partial charge in [0.15, 0.2) is 0 Å². The molecule has 0 bridgehead atoms. The van der Waals surface area contributed by atoms with Gasteiger partial charge < -0.3 is 10.1 Å². The van der Waals surface area contributed by atoms with Gasteiger partial charge in [0.2, 0.25) is 5.88 Å². The number of ether oxygens (including phenoxy) is 1. The largest absolute Gasteiger partial charge is 0.437 e. The topological polar surface area (TPSA) is 34.1 Å². The molecule has 3 rings (SSSR count). The summed E-state index contributed by atoms with van der Waals surface area (Å²) in [6.07, 6.45) is 1.74. The number of rotatable bonds is 3. The molecule has 0 amide bonds. The molecular formula is C14H13ClN2O. The third-order valence-corrected chi connectivity index (χ3v) is 3.38. The van der Waals surface area contributed by atoms with Crippen molar-refractivity contribution >= 4 is 11.6 Å². The Bertz CT molecular complexity index is 555. The Balaban J connectivity index is 1.90. The van der Waals surface area contributed by atoms with Gasteiger partial charge in [-0.05, 0) is 18.2 Å². The second-order valence-electron chi connectivity index (χ2n) is 4.29. The predicted octanol–water partition coefficient (Wildman–Crippen LogP) is 3.21. The molecule has 3 nitrogen and oxygen atoms in total. The maximum absolute atomic E-state index is 6.09. The molecule has 1 fully saturated rings. The van der Waals surface area contributed by atoms with Crippen LogP contribution >= 0.6 is 11.6 Å². The fourth-order valence-corrected chi connectivity index (χ4v) is 2.11. The second-order valence-corrected chi connectivity index (χ2v) is 4.69. The van der Waals surface area contributed by atoms with E-state index in [0.717, 1.165) is 18.7 Å². The summed E-state index contributed by atoms with van der Waals surface area (Å²) in [4.78, 5) is 4.31. The molecule has 18 heavy (non-hydrogen) atoms. The van der Waals surface area contributed by atoms with Crippen LogP contribution in [0.4, 0.5) is 0 Å². The van der Waals surface area contributed by atoms with Crippen LogP contribution < -0.4 is 10.1 Å². The second kappa shape index (κ2) is 4.96. The Kier molecular flexibility index (Phi) is 3.17. The monoisotopic (exact) mass is 260 g/mol. The third-order valence-electron chi connectivity index (χ3n) is 3.07. The van der Waals surface area contributed by atoms with Crippen LogP contribution in [0.2, 0.25) is 5.02 Å². The van der Waals surface area contributed by atoms with Crippen LogP contribution in [0, 0.1) is 0 Å². The molecule has 0 saturated carbocycles. The van der Waals surface area contributed by atoms with Crippen molar-refractivity contribution < 1.29 is 4.74 Å². The summed E-state index contributed by atoms with van der Waals surface area (Å²) in [6.45, 7) is 1.95. The molecule has 1 aromatic heterocycles. The summed E-state index contributed by atoms with van der Waals surface area (Å²) in [5.41, 5.74) is 1.14. The van der Waals surface area contributed by atoms with E-state index in [0.29, 0.717) is 22.6 Å². The van der Waals surface area contributed by atoms with E-state index in [9.17, 15) is 0 Å². The van der Waals surface area contributed by atoms with Gasteiger partial charge in [0.1, 0.15) is 5.75 Å². The minimum atomic E-state index is 0.483. The van der Waals surface area contributed by atoms with Crippen molar-refractivity contribution in [2.45, 2.75) is 5.92 Å². The van der Waals surface area contributed by atoms with Gasteiger partial charge in [-0.3, -0.25) is 0 Å². The summed E-state index contributed by atoms with van der Waals surface area (Å²) in [7, 11) is 0. The molecule has 2 heterocycles. The van der Waals surface area contributed by atoms with Gasteiger partial charge in [-0.1, -0.05) is 29.8 Å². The van der Waals surface area contributed by atoms with Crippen molar-refractivity contribution in [3.63, 3.8) is 0 Å². The van der Waals surface area contributed by atoms with Gasteiger partial charge in [0.25, 0.3) is 0 Å². The zero-order chi connectivity index (χ0) is 12.4. The highest BCUT2D eigenvalue weighted by Gasteiger charge is 2.23. The maximum Gasteiger partial charge on any atom is 0.222 e. The molecule has 0 aliphatic carbocycles. The van der Waals surface area contributed by atoms with Crippen LogP contribution in [0.1, 0.15) is 11.5 Å². The van der Waals surface area contributed by atoms with Crippen LogP contribution in [-0.4, -0.2) is 18.1 Å². The number of hydrogen-bond acceptors (Lipinski definition) is 3. The smallest absolute Gasteiger partial charge is 0.222 e. The van der Waals surface area contributed by atoms with Crippen molar-refractivity contribution in [3.05, 3.63) is 53.2 Å². The lowest BCUT2D eigenvalue weighted by Gasteiger charge is -2.28. The SMILES string of the molecule is Clc1ccccc1Oc1ncccc1C1CNC1. The Morgan fingerprint density at radius 2 is 2.00 bits per heavy atom. The highest BCUT2D eigenvalue weighted by molar-refractivity contribution is 6.32. The van der Waals surface area contributed by atoms with E-state index in [1.807, 2.05) is 30.3 Å². The van der Waals surface area contributed by atoms with E-state index in [1.165, 1.54) is 0 Å². The summed E-state index contributed by atoms with van der Waals surface area (Å²) in [5, 5.41) is 3.85. The summed E-state index contributed by atoms with van der Waals surface area (Å²) >= 11 is 6.09. The minimum Gasteiger partial charge on any atom is -0.437 e. The van der Waals surface area contributed by atoms with Crippen LogP contribution in [0.5, 0.6) is 11.6 Å². The number of nitrogens with one attached hydrogen (secondary N) is 1. The summed E-state index contributed by atoms with van der Waals surface area (Å²) < 4.78 is 5.83. The molecule has 4 heteroatoms. The zero-order valence-electron chi connectivity index (χ0n) is 9.77. The first-order valence-corrected chi connectivity index (χ1v) is 6.30. The number of halogens is 1. The highest BCUT2D eigenvalue weighted by Crippen LogP contribution is 2.33. The standard InChI is InChI=1S/C14H13ClN2O/c15-12-5-1-2-6-13(12)18-14-11(4-3-7-17-14)10-8-16-9-10/h1-7,10,16H,8-9H2. The van der Waals surface area contributed by atoms with Crippen molar-refractivity contribution in [1.82, 2.24) is 10.3 Å². The van der Waals surface area contributed by atoms with Crippen LogP contribution in [0.3, 0.4) is 0 Å². The number of para-hydroxylation sites is 1. The van der Waals surface area contributed by atoms with Gasteiger partial charge in [-0.25, -0.2) is 4.98 Å². The van der Waals surface area contributed by atoms with E-state index in [4.69, 9.17) is 16.3 Å². The van der Waals surface area contributed by atoms with E-state index in [-0.39, 0.29) is 0 Å². The normalized spacial score (nSPS) is 15.2. The molecule has 0 unspecified atom stereocenters. The van der Waals surface area contributed by atoms with Crippen molar-refractivity contribution in [2.24, 2.45) is 0 Å². The predicted molar refractivity (Wildman–Crippen MR) is 71.4 cm³/mol. The summed E-state index contributed by atoms with van der Waals surface area (Å²) in [6, 6.07) is 11.4. The van der Waals surface area contributed by atoms with E-state index < -0.39 is 0 Å². The highest BCUT2D eigenvalue weighted by atomic mass is 35.5. The molecule has 2 aromatic rings. The van der Waals surface area contributed by atoms with Gasteiger partial charge >= 0.3 is 0 Å². The molecule has 1 aliphatic heterocycles. The third kappa shape index (κ3) is 2.19. The minimum absolute atomic E-state index is 0.483. The van der Waals surface area contributed by atoms with Crippen LogP contribution in [0.25, 0.3) is 0 Å². The fraction of sp³-hybridized carbons (Fsp3) is 0.214. The number of nitrogens with zero attached hydrogens (tertiary/aromatic N) is 1. The van der Waals surface area contributed by atoms with Crippen molar-refractivity contribution in [1.29, 1.82) is 0 Å². The first-order chi connectivity index (χ1) is 8.84. The number of pyridine rings is 1. The van der Waals surface area contributed by atoms with E-state index in [1.54, 1.807) is 6.20 Å². The number of benzene rings is 1. The molecule has 1 saturated heterocycles. The van der Waals surface area contributed by atoms with Crippen LogP contribution in [-0.2, 0) is 0 Å². The first kappa shape index (κ1) is 11.5. The average Bonchev–Trinajstić information content (AvgIpc) is 2.32. The van der Waals surface area contributed by atoms with Crippen molar-refractivity contribution in [2.75, 3.05) is 13.1 Å². The quantitative estimate of drug-likeness (QED) is 0.920. The molecule has 1 aliphatic rings.